The summed E-state index contributed by atoms with van der Waals surface area (Å²) in [6.07, 6.45) is 0. The van der Waals surface area contributed by atoms with Gasteiger partial charge in [-0.15, -0.1) is 10.2 Å². The highest BCUT2D eigenvalue weighted by Crippen LogP contribution is 2.20. The molecular formula is C24H24N6O2. The molecule has 0 fully saturated rings. The van der Waals surface area contributed by atoms with Crippen molar-refractivity contribution in [2.45, 2.75) is 20.8 Å². The van der Waals surface area contributed by atoms with Crippen LogP contribution in [-0.2, 0) is 0 Å². The van der Waals surface area contributed by atoms with Gasteiger partial charge in [0.15, 0.2) is 11.6 Å². The zero-order valence-electron chi connectivity index (χ0n) is 18.4. The van der Waals surface area contributed by atoms with Crippen LogP contribution in [0.2, 0.25) is 0 Å². The van der Waals surface area contributed by atoms with Crippen LogP contribution in [0.15, 0.2) is 60.7 Å². The van der Waals surface area contributed by atoms with Gasteiger partial charge in [0, 0.05) is 22.6 Å². The summed E-state index contributed by atoms with van der Waals surface area (Å²) in [6, 6.07) is 18.1. The van der Waals surface area contributed by atoms with E-state index in [0.29, 0.717) is 28.6 Å². The molecule has 0 spiro atoms. The molecule has 0 unspecified atom stereocenters. The molecule has 8 nitrogen and oxygen atoms in total. The van der Waals surface area contributed by atoms with Crippen LogP contribution in [-0.4, -0.2) is 33.0 Å². The maximum Gasteiger partial charge on any atom is 0.255 e. The van der Waals surface area contributed by atoms with E-state index in [4.69, 9.17) is 4.74 Å². The Morgan fingerprint density at radius 3 is 2.31 bits per heavy atom. The maximum absolute atomic E-state index is 12.4. The molecule has 2 N–H and O–H groups in total. The lowest BCUT2D eigenvalue weighted by Crippen LogP contribution is -2.11. The van der Waals surface area contributed by atoms with Gasteiger partial charge >= 0.3 is 0 Å². The van der Waals surface area contributed by atoms with Gasteiger partial charge in [0.25, 0.3) is 5.91 Å². The largest absolute Gasteiger partial charge is 0.497 e. The Morgan fingerprint density at radius 1 is 0.938 bits per heavy atom. The minimum absolute atomic E-state index is 0.203. The minimum atomic E-state index is -0.203. The summed E-state index contributed by atoms with van der Waals surface area (Å²) in [5, 5.41) is 19.1. The summed E-state index contributed by atoms with van der Waals surface area (Å²) >= 11 is 0. The second kappa shape index (κ2) is 8.89. The molecule has 0 saturated heterocycles. The van der Waals surface area contributed by atoms with Crippen molar-refractivity contribution in [2.24, 2.45) is 0 Å². The molecule has 4 aromatic rings. The molecule has 162 valence electrons. The summed E-state index contributed by atoms with van der Waals surface area (Å²) < 4.78 is 6.96. The number of carbonyl (C=O) groups is 1. The number of rotatable bonds is 6. The van der Waals surface area contributed by atoms with Crippen molar-refractivity contribution in [2.75, 3.05) is 17.7 Å². The summed E-state index contributed by atoms with van der Waals surface area (Å²) in [7, 11) is 1.57. The number of benzene rings is 2. The van der Waals surface area contributed by atoms with Crippen molar-refractivity contribution in [3.63, 3.8) is 0 Å². The SMILES string of the molecule is COc1cccc(C(=O)Nc2ccc(Nc3ccc(-n4nc(C)c(C)c4C)nn3)cc2)c1. The second-order valence-electron chi connectivity index (χ2n) is 7.37. The number of carbonyl (C=O) groups excluding carboxylic acids is 1. The monoisotopic (exact) mass is 428 g/mol. The van der Waals surface area contributed by atoms with Gasteiger partial charge in [-0.1, -0.05) is 6.07 Å². The molecule has 2 aromatic heterocycles. The van der Waals surface area contributed by atoms with Gasteiger partial charge in [0.1, 0.15) is 5.75 Å². The summed E-state index contributed by atoms with van der Waals surface area (Å²) in [5.74, 6) is 1.71. The van der Waals surface area contributed by atoms with Gasteiger partial charge in [-0.25, -0.2) is 4.68 Å². The maximum atomic E-state index is 12.4. The number of hydrogen-bond acceptors (Lipinski definition) is 6. The normalized spacial score (nSPS) is 10.6. The molecule has 0 aliphatic carbocycles. The van der Waals surface area contributed by atoms with Crippen molar-refractivity contribution >= 4 is 23.1 Å². The zero-order valence-corrected chi connectivity index (χ0v) is 18.4. The number of methoxy groups -OCH3 is 1. The predicted octanol–water partition coefficient (Wildman–Crippen LogP) is 4.59. The quantitative estimate of drug-likeness (QED) is 0.466. The molecule has 0 aliphatic heterocycles. The zero-order chi connectivity index (χ0) is 22.7. The number of amides is 1. The number of anilines is 3. The lowest BCUT2D eigenvalue weighted by molar-refractivity contribution is 0.102. The molecule has 1 amide bonds. The predicted molar refractivity (Wildman–Crippen MR) is 124 cm³/mol. The van der Waals surface area contributed by atoms with E-state index >= 15 is 0 Å². The lowest BCUT2D eigenvalue weighted by Gasteiger charge is -2.09. The Kier molecular flexibility index (Phi) is 5.85. The second-order valence-corrected chi connectivity index (χ2v) is 7.37. The average Bonchev–Trinajstić information content (AvgIpc) is 3.08. The third kappa shape index (κ3) is 4.44. The first-order valence-corrected chi connectivity index (χ1v) is 10.1. The first kappa shape index (κ1) is 21.0. The van der Waals surface area contributed by atoms with Gasteiger partial charge in [-0.2, -0.15) is 5.10 Å². The minimum Gasteiger partial charge on any atom is -0.497 e. The van der Waals surface area contributed by atoms with Gasteiger partial charge < -0.3 is 15.4 Å². The molecule has 2 aromatic carbocycles. The topological polar surface area (TPSA) is 94.0 Å². The van der Waals surface area contributed by atoms with Crippen LogP contribution in [0.25, 0.3) is 5.82 Å². The fourth-order valence-electron chi connectivity index (χ4n) is 3.20. The number of aryl methyl sites for hydroxylation is 1. The van der Waals surface area contributed by atoms with E-state index in [9.17, 15) is 4.79 Å². The van der Waals surface area contributed by atoms with Crippen molar-refractivity contribution in [3.05, 3.63) is 83.2 Å². The highest BCUT2D eigenvalue weighted by atomic mass is 16.5. The number of aromatic nitrogens is 4. The summed E-state index contributed by atoms with van der Waals surface area (Å²) in [5.41, 5.74) is 5.21. The van der Waals surface area contributed by atoms with Gasteiger partial charge in [0.05, 0.1) is 12.8 Å². The molecule has 0 aliphatic rings. The molecule has 4 rings (SSSR count). The van der Waals surface area contributed by atoms with Crippen molar-refractivity contribution in [1.82, 2.24) is 20.0 Å². The number of hydrogen-bond donors (Lipinski definition) is 2. The third-order valence-corrected chi connectivity index (χ3v) is 5.27. The van der Waals surface area contributed by atoms with Gasteiger partial charge in [-0.3, -0.25) is 4.79 Å². The highest BCUT2D eigenvalue weighted by molar-refractivity contribution is 6.04. The molecule has 2 heterocycles. The Hall–Kier alpha value is -4.20. The molecule has 0 bridgehead atoms. The third-order valence-electron chi connectivity index (χ3n) is 5.27. The van der Waals surface area contributed by atoms with Crippen LogP contribution in [0.3, 0.4) is 0 Å². The Labute approximate surface area is 186 Å². The van der Waals surface area contributed by atoms with Crippen LogP contribution < -0.4 is 15.4 Å². The van der Waals surface area contributed by atoms with Crippen LogP contribution in [0.4, 0.5) is 17.2 Å². The highest BCUT2D eigenvalue weighted by Gasteiger charge is 2.11. The van der Waals surface area contributed by atoms with E-state index in [1.807, 2.05) is 57.2 Å². The van der Waals surface area contributed by atoms with E-state index in [1.165, 1.54) is 0 Å². The van der Waals surface area contributed by atoms with Crippen molar-refractivity contribution in [1.29, 1.82) is 0 Å². The van der Waals surface area contributed by atoms with E-state index in [1.54, 1.807) is 36.1 Å². The number of ether oxygens (including phenoxy) is 1. The molecule has 8 heteroatoms. The van der Waals surface area contributed by atoms with Crippen molar-refractivity contribution in [3.8, 4) is 11.6 Å². The van der Waals surface area contributed by atoms with E-state index in [0.717, 1.165) is 22.6 Å². The summed E-state index contributed by atoms with van der Waals surface area (Å²) in [4.78, 5) is 12.4. The average molecular weight is 428 g/mol. The molecule has 32 heavy (non-hydrogen) atoms. The molecule has 0 atom stereocenters. The summed E-state index contributed by atoms with van der Waals surface area (Å²) in [6.45, 7) is 6.03. The first-order valence-electron chi connectivity index (χ1n) is 10.1. The number of nitrogens with one attached hydrogen (secondary N) is 2. The smallest absolute Gasteiger partial charge is 0.255 e. The van der Waals surface area contributed by atoms with Gasteiger partial charge in [-0.05, 0) is 80.9 Å². The Morgan fingerprint density at radius 2 is 1.69 bits per heavy atom. The van der Waals surface area contributed by atoms with Crippen LogP contribution >= 0.6 is 0 Å². The first-order chi connectivity index (χ1) is 15.4. The van der Waals surface area contributed by atoms with E-state index in [2.05, 4.69) is 25.9 Å². The van der Waals surface area contributed by atoms with Gasteiger partial charge in [0.2, 0.25) is 0 Å². The fraction of sp³-hybridized carbons (Fsp3) is 0.167. The van der Waals surface area contributed by atoms with Crippen molar-refractivity contribution < 1.29 is 9.53 Å². The van der Waals surface area contributed by atoms with E-state index in [-0.39, 0.29) is 5.91 Å². The molecular weight excluding hydrogens is 404 g/mol. The Balaban J connectivity index is 1.41. The van der Waals surface area contributed by atoms with Crippen LogP contribution in [0.5, 0.6) is 5.75 Å². The standard InChI is InChI=1S/C24H24N6O2/c1-15-16(2)29-30(17(15)3)23-13-12-22(27-28-23)25-19-8-10-20(11-9-19)26-24(31)18-6-5-7-21(14-18)32-4/h5-14H,1-4H3,(H,25,27)(H,26,31). The Bertz CT molecular complexity index is 1250. The van der Waals surface area contributed by atoms with Crippen LogP contribution in [0, 0.1) is 20.8 Å². The van der Waals surface area contributed by atoms with E-state index < -0.39 is 0 Å². The number of nitrogens with zero attached hydrogens (tertiary/aromatic N) is 4. The fourth-order valence-corrected chi connectivity index (χ4v) is 3.20. The lowest BCUT2D eigenvalue weighted by atomic mass is 10.2. The molecule has 0 saturated carbocycles. The molecule has 0 radical (unpaired) electrons. The van der Waals surface area contributed by atoms with Crippen LogP contribution in [0.1, 0.15) is 27.3 Å².